The molecule has 3 heteroatoms. The summed E-state index contributed by atoms with van der Waals surface area (Å²) in [4.78, 5) is 12.9. The van der Waals surface area contributed by atoms with Crippen molar-refractivity contribution in [2.24, 2.45) is 0 Å². The summed E-state index contributed by atoms with van der Waals surface area (Å²) in [5.74, 6) is -0.0444. The highest BCUT2D eigenvalue weighted by atomic mass is 16.3. The highest BCUT2D eigenvalue weighted by Crippen LogP contribution is 2.33. The van der Waals surface area contributed by atoms with E-state index in [9.17, 15) is 9.90 Å². The third kappa shape index (κ3) is 4.38. The lowest BCUT2D eigenvalue weighted by molar-refractivity contribution is 0.103. The van der Waals surface area contributed by atoms with Gasteiger partial charge in [0.2, 0.25) is 0 Å². The van der Waals surface area contributed by atoms with Gasteiger partial charge in [0, 0.05) is 12.1 Å². The Hall–Kier alpha value is -2.29. The zero-order valence-corrected chi connectivity index (χ0v) is 14.6. The number of hydrogen-bond donors (Lipinski definition) is 2. The van der Waals surface area contributed by atoms with Gasteiger partial charge in [-0.25, -0.2) is 0 Å². The molecule has 0 fully saturated rings. The van der Waals surface area contributed by atoms with Crippen LogP contribution in [-0.2, 0) is 6.42 Å². The summed E-state index contributed by atoms with van der Waals surface area (Å²) in [6.07, 6.45) is 5.37. The zero-order chi connectivity index (χ0) is 17.4. The van der Waals surface area contributed by atoms with E-state index in [0.717, 1.165) is 24.8 Å². The number of carbonyl (C=O) groups excluding carboxylic acids is 1. The van der Waals surface area contributed by atoms with E-state index in [-0.39, 0.29) is 11.5 Å². The number of ketones is 1. The average Bonchev–Trinajstić information content (AvgIpc) is 2.61. The Morgan fingerprint density at radius 1 is 1.00 bits per heavy atom. The molecule has 0 heterocycles. The number of anilines is 1. The van der Waals surface area contributed by atoms with Crippen molar-refractivity contribution < 1.29 is 9.90 Å². The van der Waals surface area contributed by atoms with Gasteiger partial charge in [-0.05, 0) is 31.4 Å². The first kappa shape index (κ1) is 18.1. The summed E-state index contributed by atoms with van der Waals surface area (Å²) >= 11 is 0. The van der Waals surface area contributed by atoms with Crippen LogP contribution in [0.5, 0.6) is 5.75 Å². The molecule has 0 bridgehead atoms. The Morgan fingerprint density at radius 2 is 1.75 bits per heavy atom. The van der Waals surface area contributed by atoms with Gasteiger partial charge in [-0.15, -0.1) is 0 Å². The third-order valence-corrected chi connectivity index (χ3v) is 4.19. The van der Waals surface area contributed by atoms with Crippen LogP contribution in [0.4, 0.5) is 5.69 Å². The van der Waals surface area contributed by atoms with Crippen LogP contribution in [-0.4, -0.2) is 17.4 Å². The van der Waals surface area contributed by atoms with Gasteiger partial charge in [-0.2, -0.15) is 0 Å². The first-order valence-electron chi connectivity index (χ1n) is 8.87. The molecule has 128 valence electrons. The minimum Gasteiger partial charge on any atom is -0.505 e. The van der Waals surface area contributed by atoms with Crippen LogP contribution in [0, 0.1) is 0 Å². The number of rotatable bonds is 9. The number of carbonyl (C=O) groups is 1. The molecule has 0 atom stereocenters. The number of nitrogens with one attached hydrogen (secondary N) is 1. The smallest absolute Gasteiger partial charge is 0.197 e. The molecule has 2 rings (SSSR count). The van der Waals surface area contributed by atoms with Gasteiger partial charge in [-0.1, -0.05) is 62.6 Å². The van der Waals surface area contributed by atoms with Crippen molar-refractivity contribution in [3.8, 4) is 5.75 Å². The molecule has 0 unspecified atom stereocenters. The van der Waals surface area contributed by atoms with Crippen molar-refractivity contribution in [3.63, 3.8) is 0 Å². The van der Waals surface area contributed by atoms with E-state index in [1.54, 1.807) is 12.1 Å². The monoisotopic (exact) mass is 325 g/mol. The molecular weight excluding hydrogens is 298 g/mol. The number of benzene rings is 2. The SMILES string of the molecule is CCCCCCc1ccc(NCC)c(O)c1C(=O)c1ccccc1. The lowest BCUT2D eigenvalue weighted by Gasteiger charge is -2.15. The van der Waals surface area contributed by atoms with Crippen LogP contribution in [0.3, 0.4) is 0 Å². The van der Waals surface area contributed by atoms with Gasteiger partial charge < -0.3 is 10.4 Å². The summed E-state index contributed by atoms with van der Waals surface area (Å²) in [5, 5.41) is 13.8. The van der Waals surface area contributed by atoms with Crippen molar-refractivity contribution in [1.82, 2.24) is 0 Å². The van der Waals surface area contributed by atoms with E-state index >= 15 is 0 Å². The second kappa shape index (κ2) is 9.11. The largest absolute Gasteiger partial charge is 0.505 e. The Bertz CT molecular complexity index is 665. The normalized spacial score (nSPS) is 10.6. The molecular formula is C21H27NO2. The van der Waals surface area contributed by atoms with Crippen molar-refractivity contribution in [2.45, 2.75) is 46.0 Å². The van der Waals surface area contributed by atoms with Crippen molar-refractivity contribution in [2.75, 3.05) is 11.9 Å². The summed E-state index contributed by atoms with van der Waals surface area (Å²) in [7, 11) is 0. The summed E-state index contributed by atoms with van der Waals surface area (Å²) in [6, 6.07) is 13.0. The molecule has 0 saturated heterocycles. The summed E-state index contributed by atoms with van der Waals surface area (Å²) in [5.41, 5.74) is 2.60. The molecule has 24 heavy (non-hydrogen) atoms. The molecule has 0 aliphatic rings. The predicted molar refractivity (Wildman–Crippen MR) is 100.0 cm³/mol. The van der Waals surface area contributed by atoms with Crippen LogP contribution in [0.15, 0.2) is 42.5 Å². The Balaban J connectivity index is 2.36. The minimum absolute atomic E-state index is 0.0682. The minimum atomic E-state index is -0.113. The van der Waals surface area contributed by atoms with Gasteiger partial charge in [-0.3, -0.25) is 4.79 Å². The number of phenols is 1. The van der Waals surface area contributed by atoms with Crippen LogP contribution in [0.2, 0.25) is 0 Å². The van der Waals surface area contributed by atoms with Crippen LogP contribution in [0.25, 0.3) is 0 Å². The fourth-order valence-corrected chi connectivity index (χ4v) is 2.90. The molecule has 0 aromatic heterocycles. The lowest BCUT2D eigenvalue weighted by Crippen LogP contribution is -2.08. The molecule has 3 nitrogen and oxygen atoms in total. The molecule has 0 radical (unpaired) electrons. The van der Waals surface area contributed by atoms with Gasteiger partial charge in [0.05, 0.1) is 11.3 Å². The molecule has 0 spiro atoms. The highest BCUT2D eigenvalue weighted by molar-refractivity contribution is 6.12. The van der Waals surface area contributed by atoms with E-state index in [1.165, 1.54) is 12.8 Å². The molecule has 0 aliphatic carbocycles. The van der Waals surface area contributed by atoms with E-state index in [2.05, 4.69) is 12.2 Å². The van der Waals surface area contributed by atoms with E-state index in [1.807, 2.05) is 37.3 Å². The Labute approximate surface area is 144 Å². The molecule has 2 aromatic carbocycles. The van der Waals surface area contributed by atoms with E-state index in [4.69, 9.17) is 0 Å². The van der Waals surface area contributed by atoms with Crippen LogP contribution >= 0.6 is 0 Å². The first-order valence-corrected chi connectivity index (χ1v) is 8.87. The molecule has 0 amide bonds. The van der Waals surface area contributed by atoms with E-state index < -0.39 is 0 Å². The summed E-state index contributed by atoms with van der Waals surface area (Å²) in [6.45, 7) is 4.85. The fraction of sp³-hybridized carbons (Fsp3) is 0.381. The number of aromatic hydroxyl groups is 1. The number of phenolic OH excluding ortho intramolecular Hbond substituents is 1. The molecule has 0 aliphatic heterocycles. The quantitative estimate of drug-likeness (QED) is 0.379. The van der Waals surface area contributed by atoms with Gasteiger partial charge in [0.15, 0.2) is 5.78 Å². The predicted octanol–water partition coefficient (Wildman–Crippen LogP) is 5.18. The number of hydrogen-bond acceptors (Lipinski definition) is 3. The molecule has 0 saturated carbocycles. The maximum absolute atomic E-state index is 12.9. The van der Waals surface area contributed by atoms with Crippen molar-refractivity contribution >= 4 is 11.5 Å². The second-order valence-corrected chi connectivity index (χ2v) is 6.03. The van der Waals surface area contributed by atoms with Crippen LogP contribution < -0.4 is 5.32 Å². The number of unbranched alkanes of at least 4 members (excludes halogenated alkanes) is 3. The topological polar surface area (TPSA) is 49.3 Å². The highest BCUT2D eigenvalue weighted by Gasteiger charge is 2.20. The third-order valence-electron chi connectivity index (χ3n) is 4.19. The van der Waals surface area contributed by atoms with Crippen molar-refractivity contribution in [1.29, 1.82) is 0 Å². The number of aryl methyl sites for hydroxylation is 1. The fourth-order valence-electron chi connectivity index (χ4n) is 2.90. The lowest BCUT2D eigenvalue weighted by atomic mass is 9.93. The molecule has 2 N–H and O–H groups in total. The standard InChI is InChI=1S/C21H27NO2/c1-3-5-6-8-11-16-14-15-18(22-4-2)21(24)19(16)20(23)17-12-9-7-10-13-17/h7,9-10,12-15,22,24H,3-6,8,11H2,1-2H3. The maximum atomic E-state index is 12.9. The van der Waals surface area contributed by atoms with Crippen LogP contribution in [0.1, 0.15) is 61.0 Å². The summed E-state index contributed by atoms with van der Waals surface area (Å²) < 4.78 is 0. The Morgan fingerprint density at radius 3 is 2.42 bits per heavy atom. The van der Waals surface area contributed by atoms with Gasteiger partial charge in [0.25, 0.3) is 0 Å². The second-order valence-electron chi connectivity index (χ2n) is 6.03. The maximum Gasteiger partial charge on any atom is 0.197 e. The van der Waals surface area contributed by atoms with Gasteiger partial charge in [0.1, 0.15) is 5.75 Å². The molecule has 2 aromatic rings. The average molecular weight is 325 g/mol. The first-order chi connectivity index (χ1) is 11.7. The van der Waals surface area contributed by atoms with Crippen molar-refractivity contribution in [3.05, 3.63) is 59.2 Å². The van der Waals surface area contributed by atoms with Gasteiger partial charge >= 0.3 is 0 Å². The van der Waals surface area contributed by atoms with E-state index in [0.29, 0.717) is 23.4 Å². The zero-order valence-electron chi connectivity index (χ0n) is 14.6. The Kier molecular flexibility index (Phi) is 6.86.